The number of carboxylic acid groups (broad SMARTS) is 1. The molecule has 1 aromatic carbocycles. The minimum atomic E-state index is -0.751. The molecule has 0 aliphatic heterocycles. The van der Waals surface area contributed by atoms with Crippen LogP contribution in [0, 0.1) is 6.92 Å². The summed E-state index contributed by atoms with van der Waals surface area (Å²) in [7, 11) is 0. The number of hydrogen-bond acceptors (Lipinski definition) is 1. The van der Waals surface area contributed by atoms with E-state index in [-0.39, 0.29) is 6.42 Å². The van der Waals surface area contributed by atoms with Gasteiger partial charge in [0.25, 0.3) is 0 Å². The number of aliphatic carboxylic acids is 1. The van der Waals surface area contributed by atoms with Gasteiger partial charge in [0.1, 0.15) is 0 Å². The number of carbonyl (C=O) groups is 1. The molecule has 0 radical (unpaired) electrons. The van der Waals surface area contributed by atoms with Gasteiger partial charge in [-0.1, -0.05) is 42.0 Å². The van der Waals surface area contributed by atoms with Crippen LogP contribution in [0.5, 0.6) is 0 Å². The molecule has 1 N–H and O–H groups in total. The Labute approximate surface area is 83.9 Å². The summed E-state index contributed by atoms with van der Waals surface area (Å²) < 4.78 is 0. The predicted molar refractivity (Wildman–Crippen MR) is 57.1 cm³/mol. The molecule has 0 saturated carbocycles. The lowest BCUT2D eigenvalue weighted by Crippen LogP contribution is -1.91. The second-order valence-corrected chi connectivity index (χ2v) is 3.25. The maximum absolute atomic E-state index is 10.2. The van der Waals surface area contributed by atoms with E-state index in [2.05, 4.69) is 0 Å². The third kappa shape index (κ3) is 3.90. The van der Waals surface area contributed by atoms with E-state index in [1.165, 1.54) is 5.56 Å². The Balaban J connectivity index is 2.44. The van der Waals surface area contributed by atoms with E-state index >= 15 is 0 Å². The summed E-state index contributed by atoms with van der Waals surface area (Å²) in [5, 5.41) is 8.41. The molecule has 0 amide bonds. The molecule has 0 bridgehead atoms. The highest BCUT2D eigenvalue weighted by Crippen LogP contribution is 2.05. The minimum absolute atomic E-state index is 0.197. The third-order valence-corrected chi connectivity index (χ3v) is 1.91. The fraction of sp³-hybridized carbons (Fsp3) is 0.250. The van der Waals surface area contributed by atoms with Crippen molar-refractivity contribution in [1.29, 1.82) is 0 Å². The first-order valence-corrected chi connectivity index (χ1v) is 4.63. The lowest BCUT2D eigenvalue weighted by molar-refractivity contribution is -0.136. The highest BCUT2D eigenvalue weighted by atomic mass is 16.4. The Morgan fingerprint density at radius 3 is 2.57 bits per heavy atom. The fourth-order valence-electron chi connectivity index (χ4n) is 1.10. The molecule has 14 heavy (non-hydrogen) atoms. The van der Waals surface area contributed by atoms with Gasteiger partial charge in [-0.05, 0) is 18.9 Å². The van der Waals surface area contributed by atoms with Crippen molar-refractivity contribution in [3.8, 4) is 0 Å². The number of carboxylic acids is 1. The van der Waals surface area contributed by atoms with Gasteiger partial charge in [0.15, 0.2) is 0 Å². The Morgan fingerprint density at radius 2 is 2.00 bits per heavy atom. The monoisotopic (exact) mass is 190 g/mol. The van der Waals surface area contributed by atoms with Crippen LogP contribution in [0.4, 0.5) is 0 Å². The summed E-state index contributed by atoms with van der Waals surface area (Å²) in [5.41, 5.74) is 2.34. The molecule has 0 spiro atoms. The highest BCUT2D eigenvalue weighted by Gasteiger charge is 1.92. The molecule has 0 aromatic heterocycles. The number of benzene rings is 1. The van der Waals surface area contributed by atoms with Gasteiger partial charge in [-0.2, -0.15) is 0 Å². The third-order valence-electron chi connectivity index (χ3n) is 1.91. The second-order valence-electron chi connectivity index (χ2n) is 3.25. The molecule has 0 saturated heterocycles. The topological polar surface area (TPSA) is 37.3 Å². The van der Waals surface area contributed by atoms with Crippen molar-refractivity contribution in [2.45, 2.75) is 19.8 Å². The second kappa shape index (κ2) is 5.22. The first-order valence-electron chi connectivity index (χ1n) is 4.63. The molecule has 74 valence electrons. The summed E-state index contributed by atoms with van der Waals surface area (Å²) in [5.74, 6) is -0.751. The number of rotatable bonds is 4. The molecule has 0 aliphatic rings. The zero-order valence-electron chi connectivity index (χ0n) is 8.23. The zero-order valence-corrected chi connectivity index (χ0v) is 8.23. The van der Waals surface area contributed by atoms with Crippen LogP contribution in [0.15, 0.2) is 30.3 Å². The average Bonchev–Trinajstić information content (AvgIpc) is 2.15. The van der Waals surface area contributed by atoms with Gasteiger partial charge in [0, 0.05) is 6.42 Å². The van der Waals surface area contributed by atoms with Crippen molar-refractivity contribution in [3.05, 3.63) is 41.5 Å². The van der Waals surface area contributed by atoms with Crippen molar-refractivity contribution in [2.24, 2.45) is 0 Å². The average molecular weight is 190 g/mol. The SMILES string of the molecule is Cc1ccc(/C=C/CCC(=O)O)cc1. The van der Waals surface area contributed by atoms with E-state index in [9.17, 15) is 4.79 Å². The van der Waals surface area contributed by atoms with Crippen LogP contribution in [0.2, 0.25) is 0 Å². The summed E-state index contributed by atoms with van der Waals surface area (Å²) in [6, 6.07) is 8.12. The molecular formula is C12H14O2. The van der Waals surface area contributed by atoms with Crippen LogP contribution in [0.3, 0.4) is 0 Å². The number of aryl methyl sites for hydroxylation is 1. The Hall–Kier alpha value is -1.57. The number of allylic oxidation sites excluding steroid dienone is 1. The maximum atomic E-state index is 10.2. The van der Waals surface area contributed by atoms with E-state index in [0.717, 1.165) is 5.56 Å². The van der Waals surface area contributed by atoms with E-state index < -0.39 is 5.97 Å². The maximum Gasteiger partial charge on any atom is 0.303 e. The predicted octanol–water partition coefficient (Wildman–Crippen LogP) is 2.87. The summed E-state index contributed by atoms with van der Waals surface area (Å²) in [6.45, 7) is 2.04. The fourth-order valence-corrected chi connectivity index (χ4v) is 1.10. The van der Waals surface area contributed by atoms with Crippen molar-refractivity contribution in [2.75, 3.05) is 0 Å². The quantitative estimate of drug-likeness (QED) is 0.792. The smallest absolute Gasteiger partial charge is 0.303 e. The van der Waals surface area contributed by atoms with Crippen molar-refractivity contribution in [1.82, 2.24) is 0 Å². The van der Waals surface area contributed by atoms with Gasteiger partial charge in [-0.3, -0.25) is 4.79 Å². The first kappa shape index (κ1) is 10.5. The summed E-state index contributed by atoms with van der Waals surface area (Å²) >= 11 is 0. The minimum Gasteiger partial charge on any atom is -0.481 e. The van der Waals surface area contributed by atoms with Gasteiger partial charge >= 0.3 is 5.97 Å². The van der Waals surface area contributed by atoms with Crippen LogP contribution < -0.4 is 0 Å². The van der Waals surface area contributed by atoms with E-state index in [1.807, 2.05) is 43.3 Å². The normalized spacial score (nSPS) is 10.6. The zero-order chi connectivity index (χ0) is 10.4. The molecule has 0 unspecified atom stereocenters. The lowest BCUT2D eigenvalue weighted by atomic mass is 10.1. The van der Waals surface area contributed by atoms with Crippen LogP contribution in [-0.2, 0) is 4.79 Å². The van der Waals surface area contributed by atoms with Crippen LogP contribution in [0.25, 0.3) is 6.08 Å². The van der Waals surface area contributed by atoms with Crippen molar-refractivity contribution in [3.63, 3.8) is 0 Å². The lowest BCUT2D eigenvalue weighted by Gasteiger charge is -1.94. The van der Waals surface area contributed by atoms with Gasteiger partial charge in [0.2, 0.25) is 0 Å². The van der Waals surface area contributed by atoms with E-state index in [4.69, 9.17) is 5.11 Å². The Bertz CT molecular complexity index is 323. The van der Waals surface area contributed by atoms with Crippen LogP contribution >= 0.6 is 0 Å². The molecule has 0 heterocycles. The summed E-state index contributed by atoms with van der Waals surface area (Å²) in [4.78, 5) is 10.2. The molecule has 0 aliphatic carbocycles. The summed E-state index contributed by atoms with van der Waals surface area (Å²) in [6.07, 6.45) is 4.62. The van der Waals surface area contributed by atoms with Crippen LogP contribution in [-0.4, -0.2) is 11.1 Å². The largest absolute Gasteiger partial charge is 0.481 e. The molecular weight excluding hydrogens is 176 g/mol. The van der Waals surface area contributed by atoms with Crippen LogP contribution in [0.1, 0.15) is 24.0 Å². The van der Waals surface area contributed by atoms with Crippen molar-refractivity contribution < 1.29 is 9.90 Å². The molecule has 0 atom stereocenters. The van der Waals surface area contributed by atoms with Gasteiger partial charge in [0.05, 0.1) is 0 Å². The highest BCUT2D eigenvalue weighted by molar-refractivity contribution is 5.67. The molecule has 0 fully saturated rings. The van der Waals surface area contributed by atoms with E-state index in [0.29, 0.717) is 6.42 Å². The molecule has 1 rings (SSSR count). The Morgan fingerprint density at radius 1 is 1.36 bits per heavy atom. The first-order chi connectivity index (χ1) is 6.68. The molecule has 2 nitrogen and oxygen atoms in total. The Kier molecular flexibility index (Phi) is 3.92. The van der Waals surface area contributed by atoms with Gasteiger partial charge in [-0.15, -0.1) is 0 Å². The number of hydrogen-bond donors (Lipinski definition) is 1. The standard InChI is InChI=1S/C12H14O2/c1-10-6-8-11(9-7-10)4-2-3-5-12(13)14/h2,4,6-9H,3,5H2,1H3,(H,13,14)/b4-2+. The van der Waals surface area contributed by atoms with Crippen molar-refractivity contribution >= 4 is 12.0 Å². The molecule has 1 aromatic rings. The van der Waals surface area contributed by atoms with E-state index in [1.54, 1.807) is 0 Å². The van der Waals surface area contributed by atoms with Gasteiger partial charge in [-0.25, -0.2) is 0 Å². The van der Waals surface area contributed by atoms with Gasteiger partial charge < -0.3 is 5.11 Å². The molecule has 2 heteroatoms.